The summed E-state index contributed by atoms with van der Waals surface area (Å²) in [5.74, 6) is 2.02. The molecule has 0 fully saturated rings. The molecule has 0 unspecified atom stereocenters. The Balaban J connectivity index is 2.53. The molecule has 0 radical (unpaired) electrons. The second kappa shape index (κ2) is 8.75. The third kappa shape index (κ3) is 5.25. The molecule has 0 saturated carbocycles. The van der Waals surface area contributed by atoms with Crippen molar-refractivity contribution < 1.29 is 0 Å². The lowest BCUT2D eigenvalue weighted by molar-refractivity contribution is 0.778. The van der Waals surface area contributed by atoms with Crippen molar-refractivity contribution >= 4 is 33.5 Å². The van der Waals surface area contributed by atoms with E-state index in [1.54, 1.807) is 18.1 Å². The molecule has 0 bridgehead atoms. The SMILES string of the molecule is CCCCCSc1ncnc(NCCC)c1Br. The summed E-state index contributed by atoms with van der Waals surface area (Å²) < 4.78 is 0.995. The van der Waals surface area contributed by atoms with Crippen LogP contribution in [0.4, 0.5) is 5.82 Å². The summed E-state index contributed by atoms with van der Waals surface area (Å²) in [6.07, 6.45) is 6.51. The number of hydrogen-bond acceptors (Lipinski definition) is 4. The van der Waals surface area contributed by atoms with Crippen LogP contribution >= 0.6 is 27.7 Å². The maximum absolute atomic E-state index is 4.31. The zero-order chi connectivity index (χ0) is 12.5. The molecular weight excluding hydrogens is 298 g/mol. The molecule has 0 atom stereocenters. The zero-order valence-corrected chi connectivity index (χ0v) is 12.9. The molecule has 5 heteroatoms. The van der Waals surface area contributed by atoms with Gasteiger partial charge in [0.15, 0.2) is 0 Å². The van der Waals surface area contributed by atoms with E-state index in [0.717, 1.165) is 34.0 Å². The lowest BCUT2D eigenvalue weighted by Crippen LogP contribution is -2.03. The van der Waals surface area contributed by atoms with E-state index in [0.29, 0.717) is 0 Å². The molecule has 3 nitrogen and oxygen atoms in total. The second-order valence-electron chi connectivity index (χ2n) is 3.82. The van der Waals surface area contributed by atoms with Gasteiger partial charge in [0.05, 0.1) is 4.47 Å². The van der Waals surface area contributed by atoms with Crippen LogP contribution in [-0.4, -0.2) is 22.3 Å². The molecule has 0 aromatic carbocycles. The first-order valence-electron chi connectivity index (χ1n) is 6.16. The molecule has 96 valence electrons. The minimum absolute atomic E-state index is 0.903. The highest BCUT2D eigenvalue weighted by molar-refractivity contribution is 9.10. The van der Waals surface area contributed by atoms with Crippen molar-refractivity contribution in [1.29, 1.82) is 0 Å². The molecule has 1 heterocycles. The van der Waals surface area contributed by atoms with Crippen molar-refractivity contribution in [2.45, 2.75) is 44.6 Å². The average molecular weight is 318 g/mol. The normalized spacial score (nSPS) is 10.5. The smallest absolute Gasteiger partial charge is 0.144 e. The molecule has 1 N–H and O–H groups in total. The molecule has 1 rings (SSSR count). The van der Waals surface area contributed by atoms with Crippen LogP contribution in [0.15, 0.2) is 15.8 Å². The van der Waals surface area contributed by atoms with Crippen molar-refractivity contribution in [3.05, 3.63) is 10.8 Å². The van der Waals surface area contributed by atoms with E-state index in [1.165, 1.54) is 19.3 Å². The highest BCUT2D eigenvalue weighted by Gasteiger charge is 2.08. The lowest BCUT2D eigenvalue weighted by atomic mass is 10.3. The van der Waals surface area contributed by atoms with Gasteiger partial charge in [0.25, 0.3) is 0 Å². The Morgan fingerprint density at radius 3 is 2.76 bits per heavy atom. The third-order valence-electron chi connectivity index (χ3n) is 2.29. The van der Waals surface area contributed by atoms with Crippen LogP contribution in [-0.2, 0) is 0 Å². The average Bonchev–Trinajstić information content (AvgIpc) is 2.35. The number of unbranched alkanes of at least 4 members (excludes halogenated alkanes) is 2. The van der Waals surface area contributed by atoms with Crippen molar-refractivity contribution in [3.8, 4) is 0 Å². The van der Waals surface area contributed by atoms with Crippen LogP contribution in [0, 0.1) is 0 Å². The van der Waals surface area contributed by atoms with Gasteiger partial charge in [-0.25, -0.2) is 9.97 Å². The summed E-state index contributed by atoms with van der Waals surface area (Å²) in [4.78, 5) is 8.55. The van der Waals surface area contributed by atoms with Crippen LogP contribution < -0.4 is 5.32 Å². The first-order valence-corrected chi connectivity index (χ1v) is 7.94. The van der Waals surface area contributed by atoms with Gasteiger partial charge in [-0.05, 0) is 34.5 Å². The Hall–Kier alpha value is -0.290. The van der Waals surface area contributed by atoms with Crippen LogP contribution in [0.3, 0.4) is 0 Å². The first-order chi connectivity index (χ1) is 8.29. The number of anilines is 1. The number of rotatable bonds is 8. The molecule has 0 amide bonds. The Morgan fingerprint density at radius 1 is 1.24 bits per heavy atom. The van der Waals surface area contributed by atoms with Crippen LogP contribution in [0.25, 0.3) is 0 Å². The number of aromatic nitrogens is 2. The highest BCUT2D eigenvalue weighted by atomic mass is 79.9. The standard InChI is InChI=1S/C12H20BrN3S/c1-3-5-6-8-17-12-10(13)11(14-7-4-2)15-9-16-12/h9H,3-8H2,1-2H3,(H,14,15,16). The summed E-state index contributed by atoms with van der Waals surface area (Å²) in [6, 6.07) is 0. The summed E-state index contributed by atoms with van der Waals surface area (Å²) in [5.41, 5.74) is 0. The molecule has 0 aliphatic heterocycles. The second-order valence-corrected chi connectivity index (χ2v) is 5.70. The van der Waals surface area contributed by atoms with E-state index in [-0.39, 0.29) is 0 Å². The molecule has 0 aliphatic rings. The number of thioether (sulfide) groups is 1. The summed E-state index contributed by atoms with van der Waals surface area (Å²) in [7, 11) is 0. The predicted molar refractivity (Wildman–Crippen MR) is 78.8 cm³/mol. The lowest BCUT2D eigenvalue weighted by Gasteiger charge is -2.08. The van der Waals surface area contributed by atoms with Gasteiger partial charge in [-0.3, -0.25) is 0 Å². The summed E-state index contributed by atoms with van der Waals surface area (Å²) in [6.45, 7) is 5.30. The minimum Gasteiger partial charge on any atom is -0.369 e. The van der Waals surface area contributed by atoms with Crippen molar-refractivity contribution in [3.63, 3.8) is 0 Å². The van der Waals surface area contributed by atoms with Crippen molar-refractivity contribution in [1.82, 2.24) is 9.97 Å². The number of halogens is 1. The Bertz CT molecular complexity index is 334. The van der Waals surface area contributed by atoms with Gasteiger partial charge < -0.3 is 5.32 Å². The maximum Gasteiger partial charge on any atom is 0.144 e. The van der Waals surface area contributed by atoms with Crippen molar-refractivity contribution in [2.24, 2.45) is 0 Å². The number of nitrogens with one attached hydrogen (secondary N) is 1. The zero-order valence-electron chi connectivity index (χ0n) is 10.5. The topological polar surface area (TPSA) is 37.8 Å². The minimum atomic E-state index is 0.903. The van der Waals surface area contributed by atoms with Gasteiger partial charge in [-0.2, -0.15) is 0 Å². The first kappa shape index (κ1) is 14.8. The molecule has 17 heavy (non-hydrogen) atoms. The molecule has 0 saturated heterocycles. The van der Waals surface area contributed by atoms with Crippen LogP contribution in [0.1, 0.15) is 39.5 Å². The monoisotopic (exact) mass is 317 g/mol. The molecule has 0 spiro atoms. The Morgan fingerprint density at radius 2 is 2.06 bits per heavy atom. The van der Waals surface area contributed by atoms with Gasteiger partial charge in [0.1, 0.15) is 17.2 Å². The van der Waals surface area contributed by atoms with Crippen molar-refractivity contribution in [2.75, 3.05) is 17.6 Å². The summed E-state index contributed by atoms with van der Waals surface area (Å²) in [5, 5.41) is 4.33. The fourth-order valence-electron chi connectivity index (χ4n) is 1.34. The number of nitrogens with zero attached hydrogens (tertiary/aromatic N) is 2. The molecular formula is C12H20BrN3S. The van der Waals surface area contributed by atoms with Gasteiger partial charge >= 0.3 is 0 Å². The van der Waals surface area contributed by atoms with Gasteiger partial charge in [-0.1, -0.05) is 26.7 Å². The van der Waals surface area contributed by atoms with E-state index in [9.17, 15) is 0 Å². The molecule has 1 aromatic heterocycles. The fourth-order valence-corrected chi connectivity index (χ4v) is 2.92. The quantitative estimate of drug-likeness (QED) is 0.439. The molecule has 0 aliphatic carbocycles. The van der Waals surface area contributed by atoms with Gasteiger partial charge in [-0.15, -0.1) is 11.8 Å². The molecule has 1 aromatic rings. The van der Waals surface area contributed by atoms with E-state index in [1.807, 2.05) is 0 Å². The van der Waals surface area contributed by atoms with E-state index >= 15 is 0 Å². The predicted octanol–water partition coefficient (Wildman–Crippen LogP) is 4.34. The fraction of sp³-hybridized carbons (Fsp3) is 0.667. The largest absolute Gasteiger partial charge is 0.369 e. The Labute approximate surface area is 116 Å². The van der Waals surface area contributed by atoms with Crippen LogP contribution in [0.2, 0.25) is 0 Å². The van der Waals surface area contributed by atoms with Gasteiger partial charge in [0.2, 0.25) is 0 Å². The summed E-state index contributed by atoms with van der Waals surface area (Å²) >= 11 is 5.37. The van der Waals surface area contributed by atoms with E-state index in [4.69, 9.17) is 0 Å². The Kier molecular flexibility index (Phi) is 7.60. The van der Waals surface area contributed by atoms with Crippen LogP contribution in [0.5, 0.6) is 0 Å². The van der Waals surface area contributed by atoms with E-state index in [2.05, 4.69) is 45.1 Å². The number of hydrogen-bond donors (Lipinski definition) is 1. The highest BCUT2D eigenvalue weighted by Crippen LogP contribution is 2.30. The van der Waals surface area contributed by atoms with Gasteiger partial charge in [0, 0.05) is 6.54 Å². The maximum atomic E-state index is 4.31. The third-order valence-corrected chi connectivity index (χ3v) is 4.38. The van der Waals surface area contributed by atoms with E-state index < -0.39 is 0 Å².